The van der Waals surface area contributed by atoms with E-state index in [0.717, 1.165) is 40.1 Å². The molecule has 4 atom stereocenters. The first-order chi connectivity index (χ1) is 22.1. The molecule has 6 rings (SSSR count). The Hall–Kier alpha value is -3.85. The molecule has 0 saturated carbocycles. The highest BCUT2D eigenvalue weighted by Gasteiger charge is 2.57. The Kier molecular flexibility index (Phi) is 9.41. The van der Waals surface area contributed by atoms with E-state index in [9.17, 15) is 19.7 Å². The number of imide groups is 1. The van der Waals surface area contributed by atoms with Crippen molar-refractivity contribution >= 4 is 53.7 Å². The molecule has 7 nitrogen and oxygen atoms in total. The molecular weight excluding hydrogens is 599 g/mol. The van der Waals surface area contributed by atoms with Gasteiger partial charge >= 0.3 is 7.12 Å². The minimum Gasteiger partial charge on any atom is -0.508 e. The summed E-state index contributed by atoms with van der Waals surface area (Å²) in [6.07, 6.45) is 4.63. The van der Waals surface area contributed by atoms with Crippen molar-refractivity contribution in [2.45, 2.75) is 58.9 Å². The molecule has 3 aromatic carbocycles. The number of carbonyl (C=O) groups excluding carboxylic acids is 2. The Balaban J connectivity index is 1.25. The number of halogens is 1. The Bertz CT molecular complexity index is 1670. The van der Waals surface area contributed by atoms with Crippen molar-refractivity contribution < 1.29 is 24.4 Å². The molecule has 0 spiro atoms. The van der Waals surface area contributed by atoms with Crippen molar-refractivity contribution in [3.8, 4) is 5.75 Å². The average Bonchev–Trinajstić information content (AvgIpc) is 3.29. The van der Waals surface area contributed by atoms with Crippen molar-refractivity contribution in [1.29, 1.82) is 0 Å². The summed E-state index contributed by atoms with van der Waals surface area (Å²) in [6, 6.07) is 22.2. The molecule has 3 aromatic rings. The molecule has 2 amide bonds. The van der Waals surface area contributed by atoms with Gasteiger partial charge < -0.3 is 20.1 Å². The predicted octanol–water partition coefficient (Wildman–Crippen LogP) is 8.02. The number of rotatable bonds is 9. The lowest BCUT2D eigenvalue weighted by molar-refractivity contribution is -0.122. The fraction of sp³-hybridized carbons (Fsp3) is 0.351. The van der Waals surface area contributed by atoms with Gasteiger partial charge in [-0.15, -0.1) is 0 Å². The molecule has 0 unspecified atom stereocenters. The summed E-state index contributed by atoms with van der Waals surface area (Å²) in [5.41, 5.74) is 6.62. The van der Waals surface area contributed by atoms with E-state index in [1.807, 2.05) is 60.7 Å². The number of benzene rings is 3. The summed E-state index contributed by atoms with van der Waals surface area (Å²) < 4.78 is 6.20. The van der Waals surface area contributed by atoms with Crippen LogP contribution in [0.2, 0.25) is 11.3 Å². The molecule has 0 aromatic heterocycles. The highest BCUT2D eigenvalue weighted by molar-refractivity contribution is 6.43. The van der Waals surface area contributed by atoms with Crippen LogP contribution in [-0.2, 0) is 14.2 Å². The van der Waals surface area contributed by atoms with E-state index in [2.05, 4.69) is 26.1 Å². The zero-order valence-corrected chi connectivity index (χ0v) is 27.2. The second kappa shape index (κ2) is 13.5. The van der Waals surface area contributed by atoms with E-state index in [1.165, 1.54) is 11.0 Å². The summed E-state index contributed by atoms with van der Waals surface area (Å²) >= 11 is 6.38. The van der Waals surface area contributed by atoms with Crippen LogP contribution in [0.4, 0.5) is 17.1 Å². The molecule has 3 aliphatic rings. The number of nitrogens with zero attached hydrogens (tertiary/aromatic N) is 1. The number of hydrogen-bond donors (Lipinski definition) is 3. The molecule has 2 heterocycles. The molecule has 2 saturated heterocycles. The van der Waals surface area contributed by atoms with Crippen LogP contribution in [0.5, 0.6) is 5.75 Å². The number of hydrogen-bond acceptors (Lipinski definition) is 6. The first-order valence-electron chi connectivity index (χ1n) is 16.2. The van der Waals surface area contributed by atoms with Gasteiger partial charge in [0.25, 0.3) is 0 Å². The largest absolute Gasteiger partial charge is 0.508 e. The van der Waals surface area contributed by atoms with E-state index in [1.54, 1.807) is 12.1 Å². The molecular formula is C37H40BClN2O5. The molecule has 1 aliphatic carbocycles. The van der Waals surface area contributed by atoms with Gasteiger partial charge in [-0.1, -0.05) is 67.8 Å². The van der Waals surface area contributed by atoms with Crippen LogP contribution in [0.15, 0.2) is 89.5 Å². The topological polar surface area (TPSA) is 99.1 Å². The predicted molar refractivity (Wildman–Crippen MR) is 184 cm³/mol. The van der Waals surface area contributed by atoms with Gasteiger partial charge in [0.05, 0.1) is 28.6 Å². The summed E-state index contributed by atoms with van der Waals surface area (Å²) in [4.78, 5) is 29.5. The Labute approximate surface area is 276 Å². The fourth-order valence-electron chi connectivity index (χ4n) is 7.41. The fourth-order valence-corrected chi connectivity index (χ4v) is 7.64. The third-order valence-corrected chi connectivity index (χ3v) is 9.98. The van der Waals surface area contributed by atoms with E-state index in [4.69, 9.17) is 16.3 Å². The van der Waals surface area contributed by atoms with Crippen molar-refractivity contribution in [2.75, 3.05) is 10.2 Å². The minimum atomic E-state index is -1.02. The molecule has 0 radical (unpaired) electrons. The summed E-state index contributed by atoms with van der Waals surface area (Å²) in [6.45, 7) is 6.35. The molecule has 0 bridgehead atoms. The SMILES string of the molecule is CC/C(=C\c1ccc(O)cc1Cl)CC[C@H]1OB(O)C[C@H]2C1=C(C(C)C)C[C@H]1C(=O)N(c3ccc(Nc4ccccc4)cc3)C(=O)[C@H]12. The number of phenolic OH excluding ortho intramolecular Hbond substituents is 1. The third kappa shape index (κ3) is 6.39. The number of carbonyl (C=O) groups is 2. The maximum atomic E-state index is 14.1. The van der Waals surface area contributed by atoms with Crippen LogP contribution in [0, 0.1) is 23.7 Å². The number of allylic oxidation sites excluding steroid dienone is 2. The first-order valence-corrected chi connectivity index (χ1v) is 16.6. The number of amides is 2. The van der Waals surface area contributed by atoms with Crippen LogP contribution in [-0.4, -0.2) is 35.2 Å². The number of fused-ring (bicyclic) bond motifs is 3. The van der Waals surface area contributed by atoms with Gasteiger partial charge in [-0.2, -0.15) is 0 Å². The molecule has 2 aliphatic heterocycles. The van der Waals surface area contributed by atoms with Crippen molar-refractivity contribution in [3.05, 3.63) is 100 Å². The van der Waals surface area contributed by atoms with E-state index >= 15 is 0 Å². The molecule has 2 fully saturated rings. The number of anilines is 3. The summed E-state index contributed by atoms with van der Waals surface area (Å²) in [5.74, 6) is -1.36. The van der Waals surface area contributed by atoms with Crippen LogP contribution < -0.4 is 10.2 Å². The standard InChI is InChI=1S/C37H40BClN2O5/c1-4-23(18-24-11-16-28(42)19-32(24)39)10-17-33-34-29(22(2)3)20-30-35(31(34)21-38(45)46-33)37(44)41(36(30)43)27-14-12-26(13-15-27)40-25-8-6-5-7-9-25/h5-9,11-16,18-19,22,30-31,33,35,40,42,45H,4,10,17,20-21H2,1-3H3/b23-18+/t30-,31+,33-,35-/m1/s1. The van der Waals surface area contributed by atoms with Gasteiger partial charge in [0, 0.05) is 11.4 Å². The van der Waals surface area contributed by atoms with E-state index in [0.29, 0.717) is 30.0 Å². The molecule has 3 N–H and O–H groups in total. The highest BCUT2D eigenvalue weighted by Crippen LogP contribution is 2.52. The van der Waals surface area contributed by atoms with Crippen LogP contribution in [0.25, 0.3) is 6.08 Å². The van der Waals surface area contributed by atoms with E-state index < -0.39 is 19.0 Å². The smallest absolute Gasteiger partial charge is 0.455 e. The molecule has 9 heteroatoms. The first kappa shape index (κ1) is 32.1. The Morgan fingerprint density at radius 3 is 2.43 bits per heavy atom. The van der Waals surface area contributed by atoms with E-state index in [-0.39, 0.29) is 41.8 Å². The lowest BCUT2D eigenvalue weighted by Gasteiger charge is -2.44. The van der Waals surface area contributed by atoms with Gasteiger partial charge in [-0.05, 0) is 110 Å². The Morgan fingerprint density at radius 2 is 1.76 bits per heavy atom. The Morgan fingerprint density at radius 1 is 1.04 bits per heavy atom. The summed E-state index contributed by atoms with van der Waals surface area (Å²) in [7, 11) is -1.02. The van der Waals surface area contributed by atoms with Gasteiger partial charge in [0.15, 0.2) is 0 Å². The lowest BCUT2D eigenvalue weighted by Crippen LogP contribution is -2.46. The van der Waals surface area contributed by atoms with Crippen molar-refractivity contribution in [3.63, 3.8) is 0 Å². The number of para-hydroxylation sites is 1. The maximum Gasteiger partial charge on any atom is 0.455 e. The average molecular weight is 639 g/mol. The quantitative estimate of drug-likeness (QED) is 0.125. The van der Waals surface area contributed by atoms with Crippen LogP contribution in [0.3, 0.4) is 0 Å². The van der Waals surface area contributed by atoms with Crippen molar-refractivity contribution in [2.24, 2.45) is 23.7 Å². The van der Waals surface area contributed by atoms with Gasteiger partial charge in [-0.25, -0.2) is 0 Å². The monoisotopic (exact) mass is 638 g/mol. The maximum absolute atomic E-state index is 14.1. The molecule has 238 valence electrons. The van der Waals surface area contributed by atoms with Crippen LogP contribution in [0.1, 0.15) is 52.0 Å². The number of nitrogens with one attached hydrogen (secondary N) is 1. The van der Waals surface area contributed by atoms with Gasteiger partial charge in [0.1, 0.15) is 5.75 Å². The van der Waals surface area contributed by atoms with Gasteiger partial charge in [0.2, 0.25) is 11.8 Å². The highest BCUT2D eigenvalue weighted by atomic mass is 35.5. The van der Waals surface area contributed by atoms with Crippen LogP contribution >= 0.6 is 11.6 Å². The number of phenols is 1. The summed E-state index contributed by atoms with van der Waals surface area (Å²) in [5, 5.41) is 24.5. The zero-order chi connectivity index (χ0) is 32.5. The van der Waals surface area contributed by atoms with Gasteiger partial charge in [-0.3, -0.25) is 14.5 Å². The number of aromatic hydroxyl groups is 1. The second-order valence-electron chi connectivity index (χ2n) is 12.8. The third-order valence-electron chi connectivity index (χ3n) is 9.65. The normalized spacial score (nSPS) is 23.2. The van der Waals surface area contributed by atoms with Crippen molar-refractivity contribution in [1.82, 2.24) is 0 Å². The lowest BCUT2D eigenvalue weighted by atomic mass is 9.57. The zero-order valence-electron chi connectivity index (χ0n) is 26.4. The second-order valence-corrected chi connectivity index (χ2v) is 13.3. The molecule has 46 heavy (non-hydrogen) atoms. The minimum absolute atomic E-state index is 0.121.